The maximum absolute atomic E-state index is 5.59. The van der Waals surface area contributed by atoms with Crippen LogP contribution < -0.4 is 10.5 Å². The molecule has 0 unspecified atom stereocenters. The van der Waals surface area contributed by atoms with Crippen LogP contribution >= 0.6 is 15.9 Å². The molecular weight excluding hydrogens is 266 g/mol. The Balaban J connectivity index is 2.20. The molecule has 2 N–H and O–H groups in total. The number of rotatable bonds is 4. The van der Waals surface area contributed by atoms with Gasteiger partial charge in [-0.3, -0.25) is 0 Å². The largest absolute Gasteiger partial charge is 0.494 e. The van der Waals surface area contributed by atoms with Crippen LogP contribution in [-0.4, -0.2) is 13.2 Å². The Hall–Kier alpha value is -1.06. The lowest BCUT2D eigenvalue weighted by Crippen LogP contribution is -2.05. The zero-order valence-corrected chi connectivity index (χ0v) is 10.5. The fourth-order valence-electron chi connectivity index (χ4n) is 1.56. The van der Waals surface area contributed by atoms with Crippen molar-refractivity contribution in [1.29, 1.82) is 0 Å². The van der Waals surface area contributed by atoms with E-state index in [0.29, 0.717) is 13.2 Å². The topological polar surface area (TPSA) is 35.2 Å². The standard InChI is InChI=1S/C13H14BrNO/c14-12-4-2-11-9-13(16-7-1-6-15)5-3-10(11)8-12/h2-5,8-9H,1,6-7,15H2. The zero-order chi connectivity index (χ0) is 11.4. The molecule has 0 aliphatic heterocycles. The molecule has 0 aliphatic rings. The molecule has 0 saturated heterocycles. The van der Waals surface area contributed by atoms with Gasteiger partial charge in [0.1, 0.15) is 5.75 Å². The van der Waals surface area contributed by atoms with Crippen LogP contribution in [-0.2, 0) is 0 Å². The van der Waals surface area contributed by atoms with Crippen LogP contribution in [0.5, 0.6) is 5.75 Å². The van der Waals surface area contributed by atoms with Crippen molar-refractivity contribution in [3.8, 4) is 5.75 Å². The SMILES string of the molecule is NCCCOc1ccc2cc(Br)ccc2c1. The summed E-state index contributed by atoms with van der Waals surface area (Å²) in [6.45, 7) is 1.35. The van der Waals surface area contributed by atoms with Gasteiger partial charge >= 0.3 is 0 Å². The van der Waals surface area contributed by atoms with Gasteiger partial charge in [-0.15, -0.1) is 0 Å². The van der Waals surface area contributed by atoms with Gasteiger partial charge in [-0.05, 0) is 48.0 Å². The van der Waals surface area contributed by atoms with E-state index in [4.69, 9.17) is 10.5 Å². The van der Waals surface area contributed by atoms with Crippen LogP contribution in [0.1, 0.15) is 6.42 Å². The zero-order valence-electron chi connectivity index (χ0n) is 8.95. The van der Waals surface area contributed by atoms with Crippen molar-refractivity contribution in [2.24, 2.45) is 5.73 Å². The van der Waals surface area contributed by atoms with Crippen molar-refractivity contribution in [1.82, 2.24) is 0 Å². The van der Waals surface area contributed by atoms with Crippen LogP contribution in [0.4, 0.5) is 0 Å². The van der Waals surface area contributed by atoms with Gasteiger partial charge in [-0.2, -0.15) is 0 Å². The number of halogens is 1. The van der Waals surface area contributed by atoms with E-state index in [0.717, 1.165) is 16.6 Å². The van der Waals surface area contributed by atoms with Gasteiger partial charge in [-0.1, -0.05) is 28.1 Å². The summed E-state index contributed by atoms with van der Waals surface area (Å²) in [7, 11) is 0. The fraction of sp³-hybridized carbons (Fsp3) is 0.231. The molecule has 2 aromatic rings. The second-order valence-electron chi connectivity index (χ2n) is 3.64. The van der Waals surface area contributed by atoms with Gasteiger partial charge in [0.05, 0.1) is 6.61 Å². The van der Waals surface area contributed by atoms with Crippen molar-refractivity contribution in [3.63, 3.8) is 0 Å². The molecule has 0 amide bonds. The molecule has 2 aromatic carbocycles. The third-order valence-corrected chi connectivity index (χ3v) is 2.88. The molecule has 0 fully saturated rings. The highest BCUT2D eigenvalue weighted by molar-refractivity contribution is 9.10. The van der Waals surface area contributed by atoms with Crippen LogP contribution in [0.2, 0.25) is 0 Å². The Morgan fingerprint density at radius 2 is 1.81 bits per heavy atom. The molecule has 2 rings (SSSR count). The number of hydrogen-bond acceptors (Lipinski definition) is 2. The summed E-state index contributed by atoms with van der Waals surface area (Å²) in [6.07, 6.45) is 0.887. The summed E-state index contributed by atoms with van der Waals surface area (Å²) in [6, 6.07) is 12.3. The van der Waals surface area contributed by atoms with E-state index in [9.17, 15) is 0 Å². The molecule has 16 heavy (non-hydrogen) atoms. The maximum Gasteiger partial charge on any atom is 0.119 e. The molecule has 84 valence electrons. The Morgan fingerprint density at radius 3 is 2.62 bits per heavy atom. The number of ether oxygens (including phenoxy) is 1. The molecule has 0 aromatic heterocycles. The minimum Gasteiger partial charge on any atom is -0.494 e. The second kappa shape index (κ2) is 5.32. The van der Waals surface area contributed by atoms with Gasteiger partial charge in [-0.25, -0.2) is 0 Å². The van der Waals surface area contributed by atoms with E-state index in [1.807, 2.05) is 12.1 Å². The molecule has 0 aliphatic carbocycles. The van der Waals surface area contributed by atoms with E-state index >= 15 is 0 Å². The van der Waals surface area contributed by atoms with Gasteiger partial charge in [0.2, 0.25) is 0 Å². The van der Waals surface area contributed by atoms with E-state index in [2.05, 4.69) is 40.2 Å². The normalized spacial score (nSPS) is 10.6. The summed E-state index contributed by atoms with van der Waals surface area (Å²) in [5, 5.41) is 2.40. The molecule has 2 nitrogen and oxygen atoms in total. The Kier molecular flexibility index (Phi) is 3.80. The third-order valence-electron chi connectivity index (χ3n) is 2.39. The van der Waals surface area contributed by atoms with Gasteiger partial charge in [0.15, 0.2) is 0 Å². The fourth-order valence-corrected chi connectivity index (χ4v) is 1.94. The first kappa shape index (κ1) is 11.4. The first-order valence-electron chi connectivity index (χ1n) is 5.32. The highest BCUT2D eigenvalue weighted by atomic mass is 79.9. The van der Waals surface area contributed by atoms with Gasteiger partial charge < -0.3 is 10.5 Å². The summed E-state index contributed by atoms with van der Waals surface area (Å²) in [4.78, 5) is 0. The Bertz CT molecular complexity index is 484. The van der Waals surface area contributed by atoms with E-state index in [1.54, 1.807) is 0 Å². The molecule has 0 bridgehead atoms. The highest BCUT2D eigenvalue weighted by Gasteiger charge is 1.98. The van der Waals surface area contributed by atoms with E-state index < -0.39 is 0 Å². The lowest BCUT2D eigenvalue weighted by molar-refractivity contribution is 0.314. The molecule has 0 saturated carbocycles. The van der Waals surface area contributed by atoms with Gasteiger partial charge in [0, 0.05) is 4.47 Å². The average molecular weight is 280 g/mol. The van der Waals surface area contributed by atoms with E-state index in [1.165, 1.54) is 10.8 Å². The second-order valence-corrected chi connectivity index (χ2v) is 4.56. The minimum atomic E-state index is 0.667. The average Bonchev–Trinajstić information content (AvgIpc) is 2.29. The molecule has 0 heterocycles. The lowest BCUT2D eigenvalue weighted by atomic mass is 10.1. The third kappa shape index (κ3) is 2.74. The van der Waals surface area contributed by atoms with Crippen molar-refractivity contribution < 1.29 is 4.74 Å². The molecule has 0 radical (unpaired) electrons. The predicted molar refractivity (Wildman–Crippen MR) is 70.8 cm³/mol. The molecule has 3 heteroatoms. The van der Waals surface area contributed by atoms with Crippen molar-refractivity contribution >= 4 is 26.7 Å². The number of nitrogens with two attached hydrogens (primary N) is 1. The minimum absolute atomic E-state index is 0.667. The lowest BCUT2D eigenvalue weighted by Gasteiger charge is -2.06. The predicted octanol–water partition coefficient (Wildman–Crippen LogP) is 3.33. The van der Waals surface area contributed by atoms with Crippen LogP contribution in [0, 0.1) is 0 Å². The first-order chi connectivity index (χ1) is 7.79. The quantitative estimate of drug-likeness (QED) is 0.872. The summed E-state index contributed by atoms with van der Waals surface area (Å²) >= 11 is 3.46. The molecule has 0 spiro atoms. The van der Waals surface area contributed by atoms with Crippen molar-refractivity contribution in [3.05, 3.63) is 40.9 Å². The number of benzene rings is 2. The number of hydrogen-bond donors (Lipinski definition) is 1. The molecular formula is C13H14BrNO. The molecule has 0 atom stereocenters. The van der Waals surface area contributed by atoms with Crippen molar-refractivity contribution in [2.45, 2.75) is 6.42 Å². The monoisotopic (exact) mass is 279 g/mol. The van der Waals surface area contributed by atoms with Crippen LogP contribution in [0.3, 0.4) is 0 Å². The van der Waals surface area contributed by atoms with E-state index in [-0.39, 0.29) is 0 Å². The Morgan fingerprint density at radius 1 is 1.06 bits per heavy atom. The van der Waals surface area contributed by atoms with Crippen LogP contribution in [0.25, 0.3) is 10.8 Å². The highest BCUT2D eigenvalue weighted by Crippen LogP contribution is 2.24. The summed E-state index contributed by atoms with van der Waals surface area (Å²) in [5.74, 6) is 0.906. The van der Waals surface area contributed by atoms with Crippen LogP contribution in [0.15, 0.2) is 40.9 Å². The Labute approximate surface area is 104 Å². The van der Waals surface area contributed by atoms with Gasteiger partial charge in [0.25, 0.3) is 0 Å². The first-order valence-corrected chi connectivity index (χ1v) is 6.11. The van der Waals surface area contributed by atoms with Crippen molar-refractivity contribution in [2.75, 3.05) is 13.2 Å². The summed E-state index contributed by atoms with van der Waals surface area (Å²) < 4.78 is 6.69. The maximum atomic E-state index is 5.59. The smallest absolute Gasteiger partial charge is 0.119 e. The summed E-state index contributed by atoms with van der Waals surface area (Å²) in [5.41, 5.74) is 5.41. The number of fused-ring (bicyclic) bond motifs is 1.